The van der Waals surface area contributed by atoms with Crippen LogP contribution >= 0.6 is 11.3 Å². The van der Waals surface area contributed by atoms with E-state index in [-0.39, 0.29) is 0 Å². The number of amides is 2. The minimum Gasteiger partial charge on any atom is -0.480 e. The summed E-state index contributed by atoms with van der Waals surface area (Å²) in [6.45, 7) is 1.78. The molecule has 2 amide bonds. The van der Waals surface area contributed by atoms with Crippen molar-refractivity contribution in [2.24, 2.45) is 0 Å². The molecular weight excluding hydrogens is 264 g/mol. The van der Waals surface area contributed by atoms with E-state index in [1.165, 1.54) is 11.6 Å². The SMILES string of the molecule is CC(NC(=O)NCc1ccc2sccc2c1)C(=O)O. The zero-order valence-electron chi connectivity index (χ0n) is 10.3. The second-order valence-electron chi connectivity index (χ2n) is 4.18. The Hall–Kier alpha value is -2.08. The molecule has 0 aliphatic carbocycles. The van der Waals surface area contributed by atoms with Gasteiger partial charge in [-0.2, -0.15) is 0 Å². The fraction of sp³-hybridized carbons (Fsp3) is 0.231. The zero-order chi connectivity index (χ0) is 13.8. The van der Waals surface area contributed by atoms with E-state index >= 15 is 0 Å². The van der Waals surface area contributed by atoms with Gasteiger partial charge in [-0.05, 0) is 41.5 Å². The lowest BCUT2D eigenvalue weighted by Crippen LogP contribution is -2.44. The molecule has 1 aromatic carbocycles. The number of hydrogen-bond donors (Lipinski definition) is 3. The van der Waals surface area contributed by atoms with Gasteiger partial charge < -0.3 is 15.7 Å². The third kappa shape index (κ3) is 3.45. The van der Waals surface area contributed by atoms with Crippen molar-refractivity contribution >= 4 is 33.4 Å². The highest BCUT2D eigenvalue weighted by atomic mass is 32.1. The lowest BCUT2D eigenvalue weighted by atomic mass is 10.2. The Morgan fingerprint density at radius 1 is 1.37 bits per heavy atom. The first-order valence-electron chi connectivity index (χ1n) is 5.79. The van der Waals surface area contributed by atoms with Gasteiger partial charge >= 0.3 is 12.0 Å². The number of nitrogens with one attached hydrogen (secondary N) is 2. The average Bonchev–Trinajstić information content (AvgIpc) is 2.83. The Morgan fingerprint density at radius 3 is 2.89 bits per heavy atom. The lowest BCUT2D eigenvalue weighted by Gasteiger charge is -2.10. The molecule has 1 aromatic heterocycles. The number of hydrogen-bond acceptors (Lipinski definition) is 3. The van der Waals surface area contributed by atoms with Crippen LogP contribution in [0.25, 0.3) is 10.1 Å². The van der Waals surface area contributed by atoms with Crippen LogP contribution in [-0.2, 0) is 11.3 Å². The van der Waals surface area contributed by atoms with E-state index in [1.54, 1.807) is 11.3 Å². The number of carboxylic acids is 1. The Balaban J connectivity index is 1.91. The summed E-state index contributed by atoms with van der Waals surface area (Å²) in [7, 11) is 0. The maximum Gasteiger partial charge on any atom is 0.325 e. The molecule has 3 N–H and O–H groups in total. The number of carboxylic acid groups (broad SMARTS) is 1. The van der Waals surface area contributed by atoms with Gasteiger partial charge in [-0.1, -0.05) is 6.07 Å². The summed E-state index contributed by atoms with van der Waals surface area (Å²) < 4.78 is 1.20. The Morgan fingerprint density at radius 2 is 2.16 bits per heavy atom. The van der Waals surface area contributed by atoms with Gasteiger partial charge in [0.1, 0.15) is 6.04 Å². The Labute approximate surface area is 114 Å². The topological polar surface area (TPSA) is 78.4 Å². The number of fused-ring (bicyclic) bond motifs is 1. The average molecular weight is 278 g/mol. The van der Waals surface area contributed by atoms with Gasteiger partial charge in [0, 0.05) is 11.2 Å². The highest BCUT2D eigenvalue weighted by Gasteiger charge is 2.13. The van der Waals surface area contributed by atoms with Crippen LogP contribution in [0.3, 0.4) is 0 Å². The number of thiophene rings is 1. The third-order valence-electron chi connectivity index (χ3n) is 2.69. The van der Waals surface area contributed by atoms with Crippen molar-refractivity contribution in [2.75, 3.05) is 0 Å². The first-order chi connectivity index (χ1) is 9.06. The van der Waals surface area contributed by atoms with Gasteiger partial charge in [0.25, 0.3) is 0 Å². The van der Waals surface area contributed by atoms with Crippen molar-refractivity contribution in [3.05, 3.63) is 35.2 Å². The van der Waals surface area contributed by atoms with Crippen LogP contribution in [0.5, 0.6) is 0 Å². The van der Waals surface area contributed by atoms with E-state index in [0.717, 1.165) is 10.9 Å². The molecule has 1 atom stereocenters. The van der Waals surface area contributed by atoms with E-state index in [4.69, 9.17) is 5.11 Å². The summed E-state index contributed by atoms with van der Waals surface area (Å²) in [5.74, 6) is -1.06. The van der Waals surface area contributed by atoms with Crippen molar-refractivity contribution in [2.45, 2.75) is 19.5 Å². The molecule has 1 heterocycles. The molecule has 0 aliphatic rings. The monoisotopic (exact) mass is 278 g/mol. The fourth-order valence-electron chi connectivity index (χ4n) is 1.62. The van der Waals surface area contributed by atoms with Crippen molar-refractivity contribution in [1.82, 2.24) is 10.6 Å². The molecule has 0 fully saturated rings. The molecule has 0 bridgehead atoms. The van der Waals surface area contributed by atoms with Crippen LogP contribution in [0.4, 0.5) is 4.79 Å². The molecule has 0 spiro atoms. The van der Waals surface area contributed by atoms with Gasteiger partial charge in [-0.15, -0.1) is 11.3 Å². The summed E-state index contributed by atoms with van der Waals surface area (Å²) in [5.41, 5.74) is 0.976. The number of aliphatic carboxylic acids is 1. The van der Waals surface area contributed by atoms with Crippen LogP contribution in [0.2, 0.25) is 0 Å². The van der Waals surface area contributed by atoms with Gasteiger partial charge in [-0.25, -0.2) is 4.79 Å². The highest BCUT2D eigenvalue weighted by Crippen LogP contribution is 2.21. The van der Waals surface area contributed by atoms with Gasteiger partial charge in [0.2, 0.25) is 0 Å². The molecule has 100 valence electrons. The third-order valence-corrected chi connectivity index (χ3v) is 3.59. The smallest absolute Gasteiger partial charge is 0.325 e. The van der Waals surface area contributed by atoms with Crippen molar-refractivity contribution < 1.29 is 14.7 Å². The maximum absolute atomic E-state index is 11.5. The standard InChI is InChI=1S/C13H14N2O3S/c1-8(12(16)17)15-13(18)14-7-9-2-3-11-10(6-9)4-5-19-11/h2-6,8H,7H2,1H3,(H,16,17)(H2,14,15,18). The first-order valence-corrected chi connectivity index (χ1v) is 6.67. The summed E-state index contributed by atoms with van der Waals surface area (Å²) in [6, 6.07) is 6.59. The summed E-state index contributed by atoms with van der Waals surface area (Å²) >= 11 is 1.67. The van der Waals surface area contributed by atoms with Crippen LogP contribution in [0.15, 0.2) is 29.6 Å². The van der Waals surface area contributed by atoms with Crippen molar-refractivity contribution in [3.63, 3.8) is 0 Å². The maximum atomic E-state index is 11.5. The van der Waals surface area contributed by atoms with E-state index in [0.29, 0.717) is 6.54 Å². The molecular formula is C13H14N2O3S. The fourth-order valence-corrected chi connectivity index (χ4v) is 2.39. The minimum absolute atomic E-state index is 0.365. The summed E-state index contributed by atoms with van der Waals surface area (Å²) in [5, 5.41) is 16.8. The zero-order valence-corrected chi connectivity index (χ0v) is 11.2. The number of rotatable bonds is 4. The van der Waals surface area contributed by atoms with Gasteiger partial charge in [0.05, 0.1) is 0 Å². The van der Waals surface area contributed by atoms with E-state index in [1.807, 2.05) is 29.6 Å². The van der Waals surface area contributed by atoms with E-state index < -0.39 is 18.0 Å². The van der Waals surface area contributed by atoms with Gasteiger partial charge in [0.15, 0.2) is 0 Å². The number of carbonyl (C=O) groups is 2. The molecule has 0 radical (unpaired) electrons. The lowest BCUT2D eigenvalue weighted by molar-refractivity contribution is -0.138. The summed E-state index contributed by atoms with van der Waals surface area (Å²) in [6.07, 6.45) is 0. The first kappa shape index (κ1) is 13.4. The van der Waals surface area contributed by atoms with Crippen LogP contribution in [0, 0.1) is 0 Å². The van der Waals surface area contributed by atoms with E-state index in [9.17, 15) is 9.59 Å². The molecule has 2 rings (SSSR count). The Kier molecular flexibility index (Phi) is 4.01. The molecule has 2 aromatic rings. The molecule has 6 heteroatoms. The molecule has 0 saturated carbocycles. The van der Waals surface area contributed by atoms with Gasteiger partial charge in [-0.3, -0.25) is 4.79 Å². The highest BCUT2D eigenvalue weighted by molar-refractivity contribution is 7.17. The molecule has 0 aliphatic heterocycles. The van der Waals surface area contributed by atoms with E-state index in [2.05, 4.69) is 10.6 Å². The predicted molar refractivity (Wildman–Crippen MR) is 74.3 cm³/mol. The molecule has 0 saturated heterocycles. The quantitative estimate of drug-likeness (QED) is 0.802. The second kappa shape index (κ2) is 5.71. The molecule has 5 nitrogen and oxygen atoms in total. The van der Waals surface area contributed by atoms with Crippen LogP contribution in [-0.4, -0.2) is 23.1 Å². The largest absolute Gasteiger partial charge is 0.480 e. The predicted octanol–water partition coefficient (Wildman–Crippen LogP) is 2.17. The summed E-state index contributed by atoms with van der Waals surface area (Å²) in [4.78, 5) is 22.0. The van der Waals surface area contributed by atoms with Crippen LogP contribution in [0.1, 0.15) is 12.5 Å². The second-order valence-corrected chi connectivity index (χ2v) is 5.13. The van der Waals surface area contributed by atoms with Crippen molar-refractivity contribution in [1.29, 1.82) is 0 Å². The van der Waals surface area contributed by atoms with Crippen LogP contribution < -0.4 is 10.6 Å². The minimum atomic E-state index is -1.06. The van der Waals surface area contributed by atoms with Crippen molar-refractivity contribution in [3.8, 4) is 0 Å². The number of carbonyl (C=O) groups excluding carboxylic acids is 1. The molecule has 1 unspecified atom stereocenters. The Bertz CT molecular complexity index is 609. The normalized spacial score (nSPS) is 12.1. The number of urea groups is 1. The number of benzene rings is 1. The molecule has 19 heavy (non-hydrogen) atoms.